The molecule has 0 fully saturated rings. The van der Waals surface area contributed by atoms with Crippen molar-refractivity contribution in [1.29, 1.82) is 0 Å². The third-order valence-electron chi connectivity index (χ3n) is 2.39. The van der Waals surface area contributed by atoms with E-state index in [1.807, 2.05) is 7.05 Å². The summed E-state index contributed by atoms with van der Waals surface area (Å²) >= 11 is 3.48. The van der Waals surface area contributed by atoms with Crippen molar-refractivity contribution >= 4 is 15.9 Å². The summed E-state index contributed by atoms with van der Waals surface area (Å²) in [5.41, 5.74) is 8.26. The van der Waals surface area contributed by atoms with Crippen molar-refractivity contribution in [3.05, 3.63) is 33.8 Å². The molecule has 2 nitrogen and oxygen atoms in total. The lowest BCUT2D eigenvalue weighted by Crippen LogP contribution is -2.27. The van der Waals surface area contributed by atoms with E-state index in [1.54, 1.807) is 0 Å². The molecule has 2 N–H and O–H groups in total. The lowest BCUT2D eigenvalue weighted by molar-refractivity contribution is 0.349. The summed E-state index contributed by atoms with van der Waals surface area (Å²) in [6.45, 7) is 3.77. The van der Waals surface area contributed by atoms with Gasteiger partial charge in [-0.1, -0.05) is 22.0 Å². The van der Waals surface area contributed by atoms with Gasteiger partial charge < -0.3 is 5.73 Å². The highest BCUT2D eigenvalue weighted by Crippen LogP contribution is 2.16. The van der Waals surface area contributed by atoms with Crippen molar-refractivity contribution in [3.63, 3.8) is 0 Å². The summed E-state index contributed by atoms with van der Waals surface area (Å²) in [5, 5.41) is 0. The maximum absolute atomic E-state index is 5.52. The van der Waals surface area contributed by atoms with Gasteiger partial charge in [-0.05, 0) is 43.7 Å². The van der Waals surface area contributed by atoms with E-state index in [0.29, 0.717) is 6.67 Å². The molecule has 78 valence electrons. The average Bonchev–Trinajstić information content (AvgIpc) is 2.19. The van der Waals surface area contributed by atoms with Gasteiger partial charge in [0.1, 0.15) is 0 Å². The molecule has 0 aliphatic rings. The Morgan fingerprint density at radius 3 is 2.79 bits per heavy atom. The Morgan fingerprint density at radius 2 is 2.14 bits per heavy atom. The molecule has 0 heterocycles. The molecule has 0 aromatic heterocycles. The minimum Gasteiger partial charge on any atom is -0.318 e. The van der Waals surface area contributed by atoms with Crippen molar-refractivity contribution in [2.24, 2.45) is 5.73 Å². The zero-order chi connectivity index (χ0) is 10.6. The molecule has 3 heteroatoms. The Hall–Kier alpha value is -0.380. The highest BCUT2D eigenvalue weighted by molar-refractivity contribution is 9.10. The number of hydrogen-bond acceptors (Lipinski definition) is 2. The molecule has 0 atom stereocenters. The minimum atomic E-state index is 0.618. The number of nitrogens with zero attached hydrogens (tertiary/aromatic N) is 1. The quantitative estimate of drug-likeness (QED) is 0.837. The third-order valence-corrected chi connectivity index (χ3v) is 2.88. The van der Waals surface area contributed by atoms with Crippen LogP contribution in [-0.2, 0) is 6.42 Å². The predicted octanol–water partition coefficient (Wildman–Crippen LogP) is 2.15. The molecule has 0 saturated heterocycles. The van der Waals surface area contributed by atoms with Gasteiger partial charge in [-0.15, -0.1) is 0 Å². The Balaban J connectivity index is 2.62. The molecule has 0 amide bonds. The van der Waals surface area contributed by atoms with E-state index >= 15 is 0 Å². The summed E-state index contributed by atoms with van der Waals surface area (Å²) < 4.78 is 1.15. The molecule has 14 heavy (non-hydrogen) atoms. The predicted molar refractivity (Wildman–Crippen MR) is 64.3 cm³/mol. The fraction of sp³-hybridized carbons (Fsp3) is 0.455. The van der Waals surface area contributed by atoms with Crippen LogP contribution >= 0.6 is 15.9 Å². The van der Waals surface area contributed by atoms with Crippen LogP contribution < -0.4 is 5.73 Å². The number of nitrogens with two attached hydrogens (primary N) is 1. The fourth-order valence-electron chi connectivity index (χ4n) is 1.31. The van der Waals surface area contributed by atoms with Crippen molar-refractivity contribution in [2.45, 2.75) is 13.3 Å². The normalized spacial score (nSPS) is 10.9. The Labute approximate surface area is 94.2 Å². The van der Waals surface area contributed by atoms with Gasteiger partial charge in [0.15, 0.2) is 0 Å². The van der Waals surface area contributed by atoms with Crippen molar-refractivity contribution < 1.29 is 0 Å². The van der Waals surface area contributed by atoms with Gasteiger partial charge in [-0.2, -0.15) is 0 Å². The van der Waals surface area contributed by atoms with Crippen LogP contribution in [0.25, 0.3) is 0 Å². The number of benzene rings is 1. The molecule has 0 spiro atoms. The Bertz CT molecular complexity index is 299. The summed E-state index contributed by atoms with van der Waals surface area (Å²) in [5.74, 6) is 0. The van der Waals surface area contributed by atoms with Crippen LogP contribution in [-0.4, -0.2) is 25.2 Å². The van der Waals surface area contributed by atoms with E-state index in [-0.39, 0.29) is 0 Å². The minimum absolute atomic E-state index is 0.618. The molecule has 1 aromatic carbocycles. The average molecular weight is 257 g/mol. The maximum Gasteiger partial charge on any atom is 0.0452 e. The van der Waals surface area contributed by atoms with Gasteiger partial charge in [0.2, 0.25) is 0 Å². The number of halogens is 1. The summed E-state index contributed by atoms with van der Waals surface area (Å²) in [6, 6.07) is 6.40. The topological polar surface area (TPSA) is 29.3 Å². The highest BCUT2D eigenvalue weighted by Gasteiger charge is 2.01. The SMILES string of the molecule is Cc1ccc(Br)cc1CCN(C)CN. The van der Waals surface area contributed by atoms with Gasteiger partial charge in [0.25, 0.3) is 0 Å². The largest absolute Gasteiger partial charge is 0.318 e. The van der Waals surface area contributed by atoms with Crippen LogP contribution in [0.5, 0.6) is 0 Å². The molecule has 0 aliphatic heterocycles. The van der Waals surface area contributed by atoms with Crippen LogP contribution in [0.3, 0.4) is 0 Å². The second kappa shape index (κ2) is 5.49. The van der Waals surface area contributed by atoms with Crippen molar-refractivity contribution in [3.8, 4) is 0 Å². The molecule has 0 bridgehead atoms. The second-order valence-electron chi connectivity index (χ2n) is 3.58. The van der Waals surface area contributed by atoms with E-state index in [0.717, 1.165) is 17.4 Å². The molecule has 1 aromatic rings. The first kappa shape index (κ1) is 11.7. The molecule has 0 unspecified atom stereocenters. The zero-order valence-corrected chi connectivity index (χ0v) is 10.3. The van der Waals surface area contributed by atoms with Crippen LogP contribution in [0, 0.1) is 6.92 Å². The highest BCUT2D eigenvalue weighted by atomic mass is 79.9. The number of rotatable bonds is 4. The van der Waals surface area contributed by atoms with Crippen LogP contribution in [0.2, 0.25) is 0 Å². The molecule has 0 saturated carbocycles. The van der Waals surface area contributed by atoms with E-state index in [2.05, 4.69) is 46.0 Å². The van der Waals surface area contributed by atoms with E-state index in [9.17, 15) is 0 Å². The maximum atomic E-state index is 5.52. The monoisotopic (exact) mass is 256 g/mol. The third kappa shape index (κ3) is 3.40. The Morgan fingerprint density at radius 1 is 1.43 bits per heavy atom. The first-order valence-electron chi connectivity index (χ1n) is 4.77. The lowest BCUT2D eigenvalue weighted by atomic mass is 10.1. The smallest absolute Gasteiger partial charge is 0.0452 e. The molecular weight excluding hydrogens is 240 g/mol. The first-order valence-corrected chi connectivity index (χ1v) is 5.56. The molecular formula is C11H17BrN2. The molecule has 1 rings (SSSR count). The van der Waals surface area contributed by atoms with Gasteiger partial charge in [0, 0.05) is 17.7 Å². The van der Waals surface area contributed by atoms with Gasteiger partial charge in [-0.3, -0.25) is 4.90 Å². The van der Waals surface area contributed by atoms with Crippen LogP contribution in [0.1, 0.15) is 11.1 Å². The number of hydrogen-bond donors (Lipinski definition) is 1. The van der Waals surface area contributed by atoms with E-state index in [4.69, 9.17) is 5.73 Å². The van der Waals surface area contributed by atoms with E-state index in [1.165, 1.54) is 11.1 Å². The van der Waals surface area contributed by atoms with Crippen molar-refractivity contribution in [2.75, 3.05) is 20.3 Å². The standard InChI is InChI=1S/C11H17BrN2/c1-9-3-4-11(12)7-10(9)5-6-14(2)8-13/h3-4,7H,5-6,8,13H2,1-2H3. The van der Waals surface area contributed by atoms with Crippen LogP contribution in [0.15, 0.2) is 22.7 Å². The van der Waals surface area contributed by atoms with Crippen molar-refractivity contribution in [1.82, 2.24) is 4.90 Å². The van der Waals surface area contributed by atoms with E-state index < -0.39 is 0 Å². The van der Waals surface area contributed by atoms with Gasteiger partial charge >= 0.3 is 0 Å². The Kier molecular flexibility index (Phi) is 4.58. The van der Waals surface area contributed by atoms with Gasteiger partial charge in [-0.25, -0.2) is 0 Å². The second-order valence-corrected chi connectivity index (χ2v) is 4.50. The molecule has 0 radical (unpaired) electrons. The summed E-state index contributed by atoms with van der Waals surface area (Å²) in [4.78, 5) is 2.11. The van der Waals surface area contributed by atoms with Gasteiger partial charge in [0.05, 0.1) is 0 Å². The van der Waals surface area contributed by atoms with Crippen LogP contribution in [0.4, 0.5) is 0 Å². The summed E-state index contributed by atoms with van der Waals surface area (Å²) in [7, 11) is 2.04. The fourth-order valence-corrected chi connectivity index (χ4v) is 1.72. The number of aryl methyl sites for hydroxylation is 1. The first-order chi connectivity index (χ1) is 6.63. The zero-order valence-electron chi connectivity index (χ0n) is 8.76. The number of likely N-dealkylation sites (N-methyl/N-ethyl adjacent to an activating group) is 1. The lowest BCUT2D eigenvalue weighted by Gasteiger charge is -2.14. The molecule has 0 aliphatic carbocycles. The summed E-state index contributed by atoms with van der Waals surface area (Å²) in [6.07, 6.45) is 1.05.